The first-order chi connectivity index (χ1) is 14.6. The number of ether oxygens (including phenoxy) is 1. The Morgan fingerprint density at radius 1 is 1.13 bits per heavy atom. The van der Waals surface area contributed by atoms with E-state index in [0.29, 0.717) is 24.0 Å². The zero-order valence-electron chi connectivity index (χ0n) is 16.4. The second kappa shape index (κ2) is 10.9. The van der Waals surface area contributed by atoms with Gasteiger partial charge in [-0.1, -0.05) is 54.2 Å². The fourth-order valence-electron chi connectivity index (χ4n) is 2.51. The van der Waals surface area contributed by atoms with Crippen molar-refractivity contribution in [2.45, 2.75) is 18.6 Å². The Morgan fingerprint density at radius 2 is 1.90 bits per heavy atom. The Morgan fingerprint density at radius 3 is 2.63 bits per heavy atom. The van der Waals surface area contributed by atoms with Crippen molar-refractivity contribution in [3.63, 3.8) is 0 Å². The molecule has 3 rings (SSSR count). The molecule has 8 nitrogen and oxygen atoms in total. The molecule has 0 spiro atoms. The highest BCUT2D eigenvalue weighted by molar-refractivity contribution is 7.99. The SMILES string of the molecule is CCOC(=O)/C=C/c1ccc(NC(=O)CSc2nnnn2Cc2ccccc2)cc1. The van der Waals surface area contributed by atoms with Gasteiger partial charge in [0.15, 0.2) is 0 Å². The number of carbonyl (C=O) groups is 2. The minimum atomic E-state index is -0.387. The Hall–Kier alpha value is -3.46. The Labute approximate surface area is 178 Å². The third-order valence-electron chi connectivity index (χ3n) is 3.90. The van der Waals surface area contributed by atoms with Crippen LogP contribution in [-0.4, -0.2) is 44.4 Å². The van der Waals surface area contributed by atoms with E-state index in [-0.39, 0.29) is 17.6 Å². The topological polar surface area (TPSA) is 99.0 Å². The monoisotopic (exact) mass is 423 g/mol. The third-order valence-corrected chi connectivity index (χ3v) is 4.86. The van der Waals surface area contributed by atoms with Crippen LogP contribution >= 0.6 is 11.8 Å². The van der Waals surface area contributed by atoms with Gasteiger partial charge in [-0.15, -0.1) is 5.10 Å². The normalized spacial score (nSPS) is 10.8. The highest BCUT2D eigenvalue weighted by atomic mass is 32.2. The second-order valence-corrected chi connectivity index (χ2v) is 7.09. The molecule has 0 saturated heterocycles. The van der Waals surface area contributed by atoms with Crippen LogP contribution in [-0.2, 0) is 20.9 Å². The zero-order valence-corrected chi connectivity index (χ0v) is 17.2. The number of amides is 1. The minimum absolute atomic E-state index is 0.163. The lowest BCUT2D eigenvalue weighted by molar-refractivity contribution is -0.137. The lowest BCUT2D eigenvalue weighted by Gasteiger charge is -2.06. The fraction of sp³-hybridized carbons (Fsp3) is 0.190. The van der Waals surface area contributed by atoms with Gasteiger partial charge < -0.3 is 10.1 Å². The van der Waals surface area contributed by atoms with E-state index >= 15 is 0 Å². The van der Waals surface area contributed by atoms with Gasteiger partial charge in [-0.25, -0.2) is 9.48 Å². The van der Waals surface area contributed by atoms with E-state index in [4.69, 9.17) is 4.74 Å². The van der Waals surface area contributed by atoms with Crippen LogP contribution in [0.3, 0.4) is 0 Å². The molecule has 0 fully saturated rings. The first kappa shape index (κ1) is 21.3. The van der Waals surface area contributed by atoms with Gasteiger partial charge in [-0.05, 0) is 46.7 Å². The number of hydrogen-bond donors (Lipinski definition) is 1. The number of esters is 1. The number of nitrogens with zero attached hydrogens (tertiary/aromatic N) is 4. The quantitative estimate of drug-likeness (QED) is 0.321. The van der Waals surface area contributed by atoms with Crippen LogP contribution in [0.2, 0.25) is 0 Å². The third kappa shape index (κ3) is 6.56. The van der Waals surface area contributed by atoms with Crippen molar-refractivity contribution in [2.75, 3.05) is 17.7 Å². The van der Waals surface area contributed by atoms with E-state index in [1.807, 2.05) is 30.3 Å². The van der Waals surface area contributed by atoms with Crippen LogP contribution in [0, 0.1) is 0 Å². The van der Waals surface area contributed by atoms with Crippen molar-refractivity contribution < 1.29 is 14.3 Å². The zero-order chi connectivity index (χ0) is 21.2. The number of hydrogen-bond acceptors (Lipinski definition) is 7. The van der Waals surface area contributed by atoms with Crippen LogP contribution < -0.4 is 5.32 Å². The molecule has 2 aromatic carbocycles. The summed E-state index contributed by atoms with van der Waals surface area (Å²) >= 11 is 1.27. The van der Waals surface area contributed by atoms with Crippen LogP contribution in [0.5, 0.6) is 0 Å². The number of anilines is 1. The molecule has 1 aromatic heterocycles. The number of carbonyl (C=O) groups excluding carboxylic acids is 2. The summed E-state index contributed by atoms with van der Waals surface area (Å²) in [7, 11) is 0. The van der Waals surface area contributed by atoms with Crippen LogP contribution in [0.15, 0.2) is 65.8 Å². The molecular weight excluding hydrogens is 402 g/mol. The van der Waals surface area contributed by atoms with E-state index in [0.717, 1.165) is 11.1 Å². The van der Waals surface area contributed by atoms with Crippen LogP contribution in [0.1, 0.15) is 18.1 Å². The average molecular weight is 423 g/mol. The Kier molecular flexibility index (Phi) is 7.73. The molecule has 1 N–H and O–H groups in total. The predicted molar refractivity (Wildman–Crippen MR) is 115 cm³/mol. The number of tetrazole rings is 1. The standard InChI is InChI=1S/C21H21N5O3S/c1-2-29-20(28)13-10-16-8-11-18(12-9-16)22-19(27)15-30-21-23-24-25-26(21)14-17-6-4-3-5-7-17/h3-13H,2,14-15H2,1H3,(H,22,27)/b13-10+. The molecule has 0 aliphatic rings. The molecule has 30 heavy (non-hydrogen) atoms. The first-order valence-corrected chi connectivity index (χ1v) is 10.3. The maximum absolute atomic E-state index is 12.3. The van der Waals surface area contributed by atoms with E-state index in [1.165, 1.54) is 17.8 Å². The minimum Gasteiger partial charge on any atom is -0.463 e. The van der Waals surface area contributed by atoms with E-state index < -0.39 is 0 Å². The summed E-state index contributed by atoms with van der Waals surface area (Å²) in [6, 6.07) is 17.0. The summed E-state index contributed by atoms with van der Waals surface area (Å²) in [4.78, 5) is 23.6. The molecule has 9 heteroatoms. The summed E-state index contributed by atoms with van der Waals surface area (Å²) in [5, 5.41) is 15.1. The highest BCUT2D eigenvalue weighted by Crippen LogP contribution is 2.16. The molecule has 0 unspecified atom stereocenters. The van der Waals surface area contributed by atoms with Gasteiger partial charge in [-0.3, -0.25) is 4.79 Å². The van der Waals surface area contributed by atoms with Gasteiger partial charge in [0.05, 0.1) is 18.9 Å². The van der Waals surface area contributed by atoms with E-state index in [2.05, 4.69) is 20.8 Å². The van der Waals surface area contributed by atoms with E-state index in [1.54, 1.807) is 41.9 Å². The summed E-state index contributed by atoms with van der Waals surface area (Å²) in [6.07, 6.45) is 3.03. The maximum Gasteiger partial charge on any atom is 0.330 e. The molecule has 0 aliphatic heterocycles. The number of thioether (sulfide) groups is 1. The maximum atomic E-state index is 12.3. The fourth-order valence-corrected chi connectivity index (χ4v) is 3.19. The second-order valence-electron chi connectivity index (χ2n) is 6.15. The number of benzene rings is 2. The van der Waals surface area contributed by atoms with E-state index in [9.17, 15) is 9.59 Å². The molecule has 0 saturated carbocycles. The van der Waals surface area contributed by atoms with Gasteiger partial charge in [0.1, 0.15) is 0 Å². The number of rotatable bonds is 9. The summed E-state index contributed by atoms with van der Waals surface area (Å²) in [6.45, 7) is 2.63. The average Bonchev–Trinajstić information content (AvgIpc) is 3.19. The highest BCUT2D eigenvalue weighted by Gasteiger charge is 2.11. The van der Waals surface area contributed by atoms with Crippen molar-refractivity contribution in [1.29, 1.82) is 0 Å². The summed E-state index contributed by atoms with van der Waals surface area (Å²) < 4.78 is 6.50. The summed E-state index contributed by atoms with van der Waals surface area (Å²) in [5.41, 5.74) is 2.57. The number of aromatic nitrogens is 4. The molecule has 0 radical (unpaired) electrons. The lowest BCUT2D eigenvalue weighted by Crippen LogP contribution is -2.14. The Bertz CT molecular complexity index is 1000. The number of nitrogens with one attached hydrogen (secondary N) is 1. The molecule has 154 valence electrons. The van der Waals surface area contributed by atoms with Crippen molar-refractivity contribution in [3.8, 4) is 0 Å². The van der Waals surface area contributed by atoms with Crippen molar-refractivity contribution in [1.82, 2.24) is 20.2 Å². The van der Waals surface area contributed by atoms with Gasteiger partial charge in [0, 0.05) is 11.8 Å². The van der Waals surface area contributed by atoms with Gasteiger partial charge in [-0.2, -0.15) is 0 Å². The largest absolute Gasteiger partial charge is 0.463 e. The van der Waals surface area contributed by atoms with Crippen molar-refractivity contribution >= 4 is 35.4 Å². The van der Waals surface area contributed by atoms with Gasteiger partial charge in [0.2, 0.25) is 11.1 Å². The molecule has 0 atom stereocenters. The Balaban J connectivity index is 1.49. The van der Waals surface area contributed by atoms with Crippen LogP contribution in [0.25, 0.3) is 6.08 Å². The van der Waals surface area contributed by atoms with Crippen molar-refractivity contribution in [2.24, 2.45) is 0 Å². The molecular formula is C21H21N5O3S. The summed E-state index contributed by atoms with van der Waals surface area (Å²) in [5.74, 6) is -0.370. The molecule has 1 heterocycles. The molecule has 0 aliphatic carbocycles. The van der Waals surface area contributed by atoms with Gasteiger partial charge >= 0.3 is 5.97 Å². The molecule has 3 aromatic rings. The lowest BCUT2D eigenvalue weighted by atomic mass is 10.2. The first-order valence-electron chi connectivity index (χ1n) is 9.31. The van der Waals surface area contributed by atoms with Crippen molar-refractivity contribution in [3.05, 3.63) is 71.8 Å². The van der Waals surface area contributed by atoms with Gasteiger partial charge in [0.25, 0.3) is 0 Å². The smallest absolute Gasteiger partial charge is 0.330 e. The predicted octanol–water partition coefficient (Wildman–Crippen LogP) is 3.03. The molecule has 0 bridgehead atoms. The molecule has 1 amide bonds. The van der Waals surface area contributed by atoms with Crippen LogP contribution in [0.4, 0.5) is 5.69 Å².